The Morgan fingerprint density at radius 2 is 2.16 bits per heavy atom. The molecule has 10 nitrogen and oxygen atoms in total. The summed E-state index contributed by atoms with van der Waals surface area (Å²) in [6.07, 6.45) is 1.53. The number of imidazole rings is 1. The van der Waals surface area contributed by atoms with Crippen molar-refractivity contribution >= 4 is 34.7 Å². The van der Waals surface area contributed by atoms with E-state index in [1.165, 1.54) is 18.3 Å². The number of benzene rings is 2. The zero-order chi connectivity index (χ0) is 21.5. The van der Waals surface area contributed by atoms with Crippen LogP contribution < -0.4 is 15.4 Å². The van der Waals surface area contributed by atoms with Gasteiger partial charge in [0.25, 0.3) is 5.91 Å². The summed E-state index contributed by atoms with van der Waals surface area (Å²) in [6, 6.07) is 13.7. The van der Waals surface area contributed by atoms with E-state index in [2.05, 4.69) is 26.8 Å². The van der Waals surface area contributed by atoms with Crippen LogP contribution in [-0.2, 0) is 4.79 Å². The molecule has 152 valence electrons. The Balaban J connectivity index is 1.65. The normalized spacial score (nSPS) is 12.5. The highest BCUT2D eigenvalue weighted by atomic mass is 16.5. The van der Waals surface area contributed by atoms with Crippen molar-refractivity contribution in [3.8, 4) is 23.1 Å². The molecule has 4 N–H and O–H groups in total. The molecule has 31 heavy (non-hydrogen) atoms. The summed E-state index contributed by atoms with van der Waals surface area (Å²) in [7, 11) is 0. The molecule has 0 atom stereocenters. The number of anilines is 3. The molecule has 3 heterocycles. The van der Waals surface area contributed by atoms with Gasteiger partial charge in [-0.3, -0.25) is 9.89 Å². The van der Waals surface area contributed by atoms with E-state index in [-0.39, 0.29) is 18.1 Å². The molecule has 10 heteroatoms. The van der Waals surface area contributed by atoms with E-state index in [1.807, 2.05) is 0 Å². The van der Waals surface area contributed by atoms with Crippen molar-refractivity contribution in [1.82, 2.24) is 14.6 Å². The molecule has 0 unspecified atom stereocenters. The van der Waals surface area contributed by atoms with Crippen LogP contribution in [0.2, 0.25) is 0 Å². The maximum atomic E-state index is 11.7. The van der Waals surface area contributed by atoms with Gasteiger partial charge in [-0.2, -0.15) is 5.26 Å². The summed E-state index contributed by atoms with van der Waals surface area (Å²) in [5, 5.41) is 27.6. The quantitative estimate of drug-likeness (QED) is 0.402. The lowest BCUT2D eigenvalue weighted by atomic mass is 10.1. The highest BCUT2D eigenvalue weighted by Crippen LogP contribution is 2.37. The summed E-state index contributed by atoms with van der Waals surface area (Å²) in [4.78, 5) is 27.6. The smallest absolute Gasteiger partial charge is 0.335 e. The van der Waals surface area contributed by atoms with Gasteiger partial charge in [0.1, 0.15) is 23.1 Å². The van der Waals surface area contributed by atoms with Gasteiger partial charge in [-0.15, -0.1) is 0 Å². The van der Waals surface area contributed by atoms with Crippen LogP contribution in [0.5, 0.6) is 5.75 Å². The van der Waals surface area contributed by atoms with Crippen LogP contribution in [0.1, 0.15) is 15.9 Å². The fourth-order valence-electron chi connectivity index (χ4n) is 3.42. The molecule has 0 saturated heterocycles. The molecule has 2 aromatic heterocycles. The van der Waals surface area contributed by atoms with E-state index in [0.29, 0.717) is 45.4 Å². The fourth-order valence-corrected chi connectivity index (χ4v) is 3.42. The third-order valence-electron chi connectivity index (χ3n) is 4.83. The van der Waals surface area contributed by atoms with Crippen LogP contribution in [0.4, 0.5) is 17.2 Å². The number of carbonyl (C=O) groups is 2. The molecule has 0 bridgehead atoms. The molecule has 2 aromatic carbocycles. The molecule has 4 aromatic rings. The molecule has 0 fully saturated rings. The lowest BCUT2D eigenvalue weighted by Gasteiger charge is -2.18. The van der Waals surface area contributed by atoms with Gasteiger partial charge in [0.2, 0.25) is 0 Å². The van der Waals surface area contributed by atoms with E-state index in [1.54, 1.807) is 34.8 Å². The second-order valence-electron chi connectivity index (χ2n) is 6.83. The number of aromatic amines is 1. The van der Waals surface area contributed by atoms with Crippen molar-refractivity contribution in [3.63, 3.8) is 0 Å². The zero-order valence-corrected chi connectivity index (χ0v) is 15.8. The average molecular weight is 414 g/mol. The minimum atomic E-state index is -1.04. The summed E-state index contributed by atoms with van der Waals surface area (Å²) >= 11 is 0. The number of nitrogens with zero attached hydrogens (tertiary/aromatic N) is 3. The Hall–Kier alpha value is -4.78. The number of carboxylic acids is 1. The van der Waals surface area contributed by atoms with Crippen molar-refractivity contribution in [1.29, 1.82) is 5.26 Å². The van der Waals surface area contributed by atoms with Crippen molar-refractivity contribution in [2.45, 2.75) is 0 Å². The van der Waals surface area contributed by atoms with Gasteiger partial charge in [-0.25, -0.2) is 14.3 Å². The Kier molecular flexibility index (Phi) is 4.08. The van der Waals surface area contributed by atoms with Crippen LogP contribution >= 0.6 is 0 Å². The molecule has 0 saturated carbocycles. The Morgan fingerprint density at radius 3 is 2.97 bits per heavy atom. The number of aromatic nitrogens is 3. The monoisotopic (exact) mass is 414 g/mol. The van der Waals surface area contributed by atoms with Crippen molar-refractivity contribution in [2.75, 3.05) is 17.2 Å². The lowest BCUT2D eigenvalue weighted by Crippen LogP contribution is -2.25. The number of hydrogen-bond donors (Lipinski definition) is 4. The molecular weight excluding hydrogens is 400 g/mol. The molecule has 0 spiro atoms. The number of fused-ring (bicyclic) bond motifs is 2. The van der Waals surface area contributed by atoms with Gasteiger partial charge in [0, 0.05) is 17.4 Å². The number of carboxylic acid groups (broad SMARTS) is 1. The van der Waals surface area contributed by atoms with Gasteiger partial charge in [-0.05, 0) is 36.4 Å². The molecule has 5 rings (SSSR count). The first-order chi connectivity index (χ1) is 15.0. The largest absolute Gasteiger partial charge is 0.482 e. The summed E-state index contributed by atoms with van der Waals surface area (Å²) < 4.78 is 7.02. The van der Waals surface area contributed by atoms with Gasteiger partial charge < -0.3 is 20.5 Å². The van der Waals surface area contributed by atoms with Crippen LogP contribution in [0.3, 0.4) is 0 Å². The number of ether oxygens (including phenoxy) is 1. The Bertz CT molecular complexity index is 1410. The van der Waals surface area contributed by atoms with E-state index in [9.17, 15) is 20.0 Å². The first kappa shape index (κ1) is 18.3. The van der Waals surface area contributed by atoms with Crippen molar-refractivity contribution in [2.24, 2.45) is 0 Å². The van der Waals surface area contributed by atoms with Gasteiger partial charge in [0.05, 0.1) is 11.3 Å². The molecule has 1 aliphatic rings. The number of aromatic carboxylic acids is 1. The number of hydrogen-bond acceptors (Lipinski definition) is 6. The second kappa shape index (κ2) is 6.93. The number of nitriles is 1. The molecular formula is C21H14N6O4. The highest BCUT2D eigenvalue weighted by Gasteiger charge is 2.22. The first-order valence-corrected chi connectivity index (χ1v) is 9.21. The third kappa shape index (κ3) is 3.10. The molecule has 1 aliphatic heterocycles. The summed E-state index contributed by atoms with van der Waals surface area (Å²) in [5.74, 6) is -0.242. The number of carbonyl (C=O) groups excluding carboxylic acids is 1. The number of nitrogens with one attached hydrogen (secondary N) is 3. The maximum Gasteiger partial charge on any atom is 0.335 e. The van der Waals surface area contributed by atoms with Crippen LogP contribution in [0, 0.1) is 11.3 Å². The summed E-state index contributed by atoms with van der Waals surface area (Å²) in [5.41, 5.74) is 3.12. The lowest BCUT2D eigenvalue weighted by molar-refractivity contribution is -0.118. The van der Waals surface area contributed by atoms with E-state index in [0.717, 1.165) is 0 Å². The van der Waals surface area contributed by atoms with Crippen LogP contribution in [-0.4, -0.2) is 38.2 Å². The number of amides is 1. The average Bonchev–Trinajstić information content (AvgIpc) is 3.33. The second-order valence-corrected chi connectivity index (χ2v) is 6.83. The van der Waals surface area contributed by atoms with Crippen molar-refractivity contribution in [3.05, 3.63) is 59.8 Å². The van der Waals surface area contributed by atoms with Gasteiger partial charge in [-0.1, -0.05) is 6.07 Å². The molecule has 0 aliphatic carbocycles. The van der Waals surface area contributed by atoms with Gasteiger partial charge in [0.15, 0.2) is 18.1 Å². The summed E-state index contributed by atoms with van der Waals surface area (Å²) in [6.45, 7) is -0.0436. The predicted molar refractivity (Wildman–Crippen MR) is 111 cm³/mol. The minimum absolute atomic E-state index is 0.0436. The van der Waals surface area contributed by atoms with Crippen LogP contribution in [0.15, 0.2) is 48.7 Å². The SMILES string of the molecule is N#Cc1c[nH]n2c(Nc3cccc(C(=O)O)c3)c(-c3ccc4c(c3)NC(=O)CO4)nc12. The number of H-pyrrole nitrogens is 1. The third-order valence-corrected chi connectivity index (χ3v) is 4.83. The standard InChI is InChI=1S/C21H14N6O4/c22-8-13-9-23-27-19(13)26-18(11-4-5-16-15(7-11)25-17(28)10-31-16)20(27)24-14-3-1-2-12(6-14)21(29)30/h1-7,9,23-24H,10H2,(H,25,28)(H,29,30). The number of rotatable bonds is 4. The maximum absolute atomic E-state index is 11.7. The molecule has 1 amide bonds. The van der Waals surface area contributed by atoms with E-state index >= 15 is 0 Å². The van der Waals surface area contributed by atoms with E-state index in [4.69, 9.17) is 4.74 Å². The Morgan fingerprint density at radius 1 is 1.29 bits per heavy atom. The van der Waals surface area contributed by atoms with E-state index < -0.39 is 5.97 Å². The fraction of sp³-hybridized carbons (Fsp3) is 0.0476. The minimum Gasteiger partial charge on any atom is -0.482 e. The molecule has 0 radical (unpaired) electrons. The topological polar surface area (TPSA) is 145 Å². The van der Waals surface area contributed by atoms with Crippen molar-refractivity contribution < 1.29 is 19.4 Å². The first-order valence-electron chi connectivity index (χ1n) is 9.21. The predicted octanol–water partition coefficient (Wildman–Crippen LogP) is 2.97. The van der Waals surface area contributed by atoms with Gasteiger partial charge >= 0.3 is 5.97 Å². The van der Waals surface area contributed by atoms with Crippen LogP contribution in [0.25, 0.3) is 16.9 Å². The Labute approximate surface area is 174 Å². The zero-order valence-electron chi connectivity index (χ0n) is 15.8. The highest BCUT2D eigenvalue weighted by molar-refractivity contribution is 5.97.